The van der Waals surface area contributed by atoms with Crippen LogP contribution in [0.3, 0.4) is 0 Å². The molecule has 0 aromatic carbocycles. The average molecular weight is 555 g/mol. The highest BCUT2D eigenvalue weighted by molar-refractivity contribution is 9.11. The zero-order chi connectivity index (χ0) is 18.8. The van der Waals surface area contributed by atoms with Crippen molar-refractivity contribution in [2.45, 2.75) is 54.6 Å². The van der Waals surface area contributed by atoms with Crippen molar-refractivity contribution in [2.75, 3.05) is 0 Å². The third-order valence-electron chi connectivity index (χ3n) is 6.37. The molecule has 0 aromatic heterocycles. The number of hydrogen-bond donors (Lipinski definition) is 0. The summed E-state index contributed by atoms with van der Waals surface area (Å²) < 4.78 is 1.39. The second-order valence-electron chi connectivity index (χ2n) is 8.24. The molecule has 0 N–H and O–H groups in total. The topological polar surface area (TPSA) is 0 Å². The highest BCUT2D eigenvalue weighted by Gasteiger charge is 2.30. The van der Waals surface area contributed by atoms with Crippen LogP contribution in [-0.4, -0.2) is 9.65 Å². The maximum Gasteiger partial charge on any atom is 0.0363 e. The normalized spacial score (nSPS) is 36.6. The van der Waals surface area contributed by atoms with Gasteiger partial charge in [0.25, 0.3) is 0 Å². The lowest BCUT2D eigenvalue weighted by molar-refractivity contribution is 0.422. The van der Waals surface area contributed by atoms with Gasteiger partial charge in [0.2, 0.25) is 0 Å². The summed E-state index contributed by atoms with van der Waals surface area (Å²) in [5, 5.41) is 0. The third-order valence-corrected chi connectivity index (χ3v) is 8.45. The first-order chi connectivity index (χ1) is 13.1. The van der Waals surface area contributed by atoms with Gasteiger partial charge in [0, 0.05) is 15.6 Å². The summed E-state index contributed by atoms with van der Waals surface area (Å²) in [6, 6.07) is 0. The first kappa shape index (κ1) is 20.2. The summed E-state index contributed by atoms with van der Waals surface area (Å²) in [6.07, 6.45) is 27.8. The highest BCUT2D eigenvalue weighted by Crippen LogP contribution is 2.44. The Kier molecular flexibility index (Phi) is 6.82. The molecule has 0 radical (unpaired) electrons. The molecule has 27 heavy (non-hydrogen) atoms. The molecule has 5 atom stereocenters. The van der Waals surface area contributed by atoms with Gasteiger partial charge in [0.15, 0.2) is 0 Å². The van der Waals surface area contributed by atoms with Crippen molar-refractivity contribution in [3.63, 3.8) is 0 Å². The molecule has 0 spiro atoms. The maximum absolute atomic E-state index is 3.72. The lowest BCUT2D eigenvalue weighted by Crippen LogP contribution is -2.22. The van der Waals surface area contributed by atoms with E-state index in [2.05, 4.69) is 96.4 Å². The molecule has 0 saturated heterocycles. The van der Waals surface area contributed by atoms with E-state index in [1.54, 1.807) is 11.1 Å². The van der Waals surface area contributed by atoms with Crippen molar-refractivity contribution >= 4 is 47.8 Å². The molecule has 0 amide bonds. The third kappa shape index (κ3) is 5.08. The van der Waals surface area contributed by atoms with Crippen molar-refractivity contribution in [1.82, 2.24) is 0 Å². The van der Waals surface area contributed by atoms with Gasteiger partial charge < -0.3 is 0 Å². The molecule has 5 unspecified atom stereocenters. The van der Waals surface area contributed by atoms with Crippen LogP contribution < -0.4 is 0 Å². The predicted molar refractivity (Wildman–Crippen MR) is 128 cm³/mol. The Morgan fingerprint density at radius 3 is 2.11 bits per heavy atom. The molecule has 4 aliphatic rings. The van der Waals surface area contributed by atoms with E-state index in [0.717, 1.165) is 18.8 Å². The summed E-state index contributed by atoms with van der Waals surface area (Å²) >= 11 is 11.1. The van der Waals surface area contributed by atoms with Crippen LogP contribution in [0.5, 0.6) is 0 Å². The van der Waals surface area contributed by atoms with Crippen molar-refractivity contribution in [3.05, 3.63) is 69.8 Å². The van der Waals surface area contributed by atoms with Crippen LogP contribution in [0.15, 0.2) is 69.8 Å². The molecule has 0 fully saturated rings. The molecule has 0 aliphatic heterocycles. The minimum absolute atomic E-state index is 0.504. The smallest absolute Gasteiger partial charge is 0.0363 e. The number of halogens is 3. The highest BCUT2D eigenvalue weighted by atomic mass is 79.9. The van der Waals surface area contributed by atoms with Crippen molar-refractivity contribution < 1.29 is 0 Å². The Bertz CT molecular complexity index is 750. The van der Waals surface area contributed by atoms with Crippen LogP contribution in [0.4, 0.5) is 0 Å². The lowest BCUT2D eigenvalue weighted by atomic mass is 9.70. The minimum Gasteiger partial charge on any atom is -0.0842 e. The van der Waals surface area contributed by atoms with Crippen LogP contribution in [0, 0.1) is 17.8 Å². The van der Waals surface area contributed by atoms with Crippen LogP contribution >= 0.6 is 47.8 Å². The minimum atomic E-state index is 0.504. The van der Waals surface area contributed by atoms with Crippen LogP contribution in [0.1, 0.15) is 44.9 Å². The zero-order valence-corrected chi connectivity index (χ0v) is 20.3. The molecule has 3 heteroatoms. The van der Waals surface area contributed by atoms with Gasteiger partial charge >= 0.3 is 0 Å². The fraction of sp³-hybridized carbons (Fsp3) is 0.500. The fourth-order valence-electron chi connectivity index (χ4n) is 4.80. The first-order valence-electron chi connectivity index (χ1n) is 10.2. The zero-order valence-electron chi connectivity index (χ0n) is 15.6. The standard InChI is InChI=1S/C24H27Br3/c25-22-7-1-16(2-8-22)19-13-20(17-3-9-23(26)10-4-17)15-21(14-19)18-5-11-24(27)12-6-18/h1-4,7,9,11,14,18-20,22-23H,5-6,8,10,12-13,15H2. The number of alkyl halides is 2. The maximum atomic E-state index is 3.72. The molecule has 4 aliphatic carbocycles. The van der Waals surface area contributed by atoms with Gasteiger partial charge in [-0.15, -0.1) is 0 Å². The van der Waals surface area contributed by atoms with Gasteiger partial charge in [-0.1, -0.05) is 102 Å². The summed E-state index contributed by atoms with van der Waals surface area (Å²) in [5.41, 5.74) is 4.80. The van der Waals surface area contributed by atoms with Crippen molar-refractivity contribution in [1.29, 1.82) is 0 Å². The van der Waals surface area contributed by atoms with Gasteiger partial charge in [-0.25, -0.2) is 0 Å². The number of hydrogen-bond acceptors (Lipinski definition) is 0. The van der Waals surface area contributed by atoms with Gasteiger partial charge in [0.05, 0.1) is 0 Å². The second kappa shape index (κ2) is 9.13. The number of rotatable bonds is 3. The Balaban J connectivity index is 1.58. The molecule has 0 heterocycles. The summed E-state index contributed by atoms with van der Waals surface area (Å²) in [6.45, 7) is 0. The molecule has 0 aromatic rings. The monoisotopic (exact) mass is 552 g/mol. The van der Waals surface area contributed by atoms with E-state index in [1.165, 1.54) is 42.2 Å². The number of allylic oxidation sites excluding steroid dienone is 12. The van der Waals surface area contributed by atoms with Gasteiger partial charge in [-0.05, 0) is 72.4 Å². The molecule has 4 rings (SSSR count). The van der Waals surface area contributed by atoms with E-state index >= 15 is 0 Å². The Labute approximate surface area is 189 Å². The molecular formula is C24H27Br3. The molecular weight excluding hydrogens is 528 g/mol. The Hall–Kier alpha value is -0.120. The Morgan fingerprint density at radius 1 is 0.815 bits per heavy atom. The van der Waals surface area contributed by atoms with Gasteiger partial charge in [0.1, 0.15) is 0 Å². The largest absolute Gasteiger partial charge is 0.0842 e. The fourth-order valence-corrected chi connectivity index (χ4v) is 5.89. The van der Waals surface area contributed by atoms with Crippen LogP contribution in [0.25, 0.3) is 0 Å². The van der Waals surface area contributed by atoms with E-state index in [-0.39, 0.29) is 0 Å². The van der Waals surface area contributed by atoms with E-state index in [4.69, 9.17) is 0 Å². The van der Waals surface area contributed by atoms with E-state index < -0.39 is 0 Å². The molecule has 144 valence electrons. The lowest BCUT2D eigenvalue weighted by Gasteiger charge is -2.35. The van der Waals surface area contributed by atoms with Crippen LogP contribution in [0.2, 0.25) is 0 Å². The van der Waals surface area contributed by atoms with Crippen molar-refractivity contribution in [3.8, 4) is 0 Å². The molecule has 0 bridgehead atoms. The molecule has 0 nitrogen and oxygen atoms in total. The van der Waals surface area contributed by atoms with E-state index in [0.29, 0.717) is 21.5 Å². The van der Waals surface area contributed by atoms with E-state index in [9.17, 15) is 0 Å². The molecule has 0 saturated carbocycles. The average Bonchev–Trinajstić information content (AvgIpc) is 2.69. The summed E-state index contributed by atoms with van der Waals surface area (Å²) in [4.78, 5) is 1.01. The summed E-state index contributed by atoms with van der Waals surface area (Å²) in [5.74, 6) is 1.96. The Morgan fingerprint density at radius 2 is 1.52 bits per heavy atom. The SMILES string of the molecule is BrC1=CCC(C2=CC(C3=CCC(Br)C=C3)CC(C3=CCC(Br)C=C3)C2)CC1. The quantitative estimate of drug-likeness (QED) is 0.243. The van der Waals surface area contributed by atoms with E-state index in [1.807, 2.05) is 0 Å². The van der Waals surface area contributed by atoms with Crippen LogP contribution in [-0.2, 0) is 0 Å². The first-order valence-corrected chi connectivity index (χ1v) is 12.8. The second-order valence-corrected chi connectivity index (χ2v) is 11.6. The van der Waals surface area contributed by atoms with Crippen molar-refractivity contribution in [2.24, 2.45) is 17.8 Å². The van der Waals surface area contributed by atoms with Gasteiger partial charge in [-0.2, -0.15) is 0 Å². The predicted octanol–water partition coefficient (Wildman–Crippen LogP) is 8.32. The van der Waals surface area contributed by atoms with Gasteiger partial charge in [-0.3, -0.25) is 0 Å². The summed E-state index contributed by atoms with van der Waals surface area (Å²) in [7, 11) is 0.